The van der Waals surface area contributed by atoms with Crippen LogP contribution >= 0.6 is 0 Å². The van der Waals surface area contributed by atoms with Gasteiger partial charge in [-0.25, -0.2) is 9.78 Å². The minimum absolute atomic E-state index is 0.279. The molecule has 1 atom stereocenters. The van der Waals surface area contributed by atoms with E-state index in [-0.39, 0.29) is 5.56 Å². The maximum atomic E-state index is 11.3. The molecule has 1 aliphatic rings. The van der Waals surface area contributed by atoms with Gasteiger partial charge < -0.3 is 15.3 Å². The standard InChI is InChI=1S/C14H21N3O2/c1-10-6-7-15-13(12(10)14(18)19)16-9-11-5-3-4-8-17(11)2/h6-7,11H,3-5,8-9H2,1-2H3,(H,15,16)(H,18,19). The van der Waals surface area contributed by atoms with Crippen molar-refractivity contribution in [2.75, 3.05) is 25.5 Å². The number of likely N-dealkylation sites (tertiary alicyclic amines) is 1. The third-order valence-electron chi connectivity index (χ3n) is 3.80. The van der Waals surface area contributed by atoms with Crippen molar-refractivity contribution in [3.8, 4) is 0 Å². The molecule has 1 aromatic heterocycles. The zero-order valence-corrected chi connectivity index (χ0v) is 11.5. The summed E-state index contributed by atoms with van der Waals surface area (Å²) >= 11 is 0. The fourth-order valence-corrected chi connectivity index (χ4v) is 2.58. The Morgan fingerprint density at radius 1 is 1.58 bits per heavy atom. The molecule has 1 aromatic rings. The van der Waals surface area contributed by atoms with Gasteiger partial charge in [-0.05, 0) is 45.0 Å². The van der Waals surface area contributed by atoms with Crippen LogP contribution in [0.2, 0.25) is 0 Å². The number of pyridine rings is 1. The first-order valence-electron chi connectivity index (χ1n) is 6.72. The second-order valence-electron chi connectivity index (χ2n) is 5.17. The van der Waals surface area contributed by atoms with E-state index in [2.05, 4.69) is 22.2 Å². The summed E-state index contributed by atoms with van der Waals surface area (Å²) in [5, 5.41) is 12.4. The van der Waals surface area contributed by atoms with Gasteiger partial charge >= 0.3 is 5.97 Å². The largest absolute Gasteiger partial charge is 0.478 e. The Kier molecular flexibility index (Phi) is 4.37. The van der Waals surface area contributed by atoms with E-state index in [4.69, 9.17) is 0 Å². The van der Waals surface area contributed by atoms with E-state index in [1.54, 1.807) is 19.2 Å². The highest BCUT2D eigenvalue weighted by Crippen LogP contribution is 2.19. The van der Waals surface area contributed by atoms with Crippen molar-refractivity contribution in [1.29, 1.82) is 0 Å². The van der Waals surface area contributed by atoms with Gasteiger partial charge in [-0.15, -0.1) is 0 Å². The number of hydrogen-bond acceptors (Lipinski definition) is 4. The van der Waals surface area contributed by atoms with Gasteiger partial charge in [0, 0.05) is 18.8 Å². The van der Waals surface area contributed by atoms with Crippen LogP contribution in [0, 0.1) is 6.92 Å². The van der Waals surface area contributed by atoms with Gasteiger partial charge in [-0.2, -0.15) is 0 Å². The number of nitrogens with zero attached hydrogens (tertiary/aromatic N) is 2. The molecule has 2 heterocycles. The van der Waals surface area contributed by atoms with Crippen molar-refractivity contribution >= 4 is 11.8 Å². The third kappa shape index (κ3) is 3.23. The normalized spacial score (nSPS) is 20.2. The molecular weight excluding hydrogens is 242 g/mol. The number of aromatic nitrogens is 1. The minimum Gasteiger partial charge on any atom is -0.478 e. The number of carboxylic acid groups (broad SMARTS) is 1. The fourth-order valence-electron chi connectivity index (χ4n) is 2.58. The lowest BCUT2D eigenvalue weighted by Gasteiger charge is -2.32. The Bertz CT molecular complexity index is 462. The molecule has 0 amide bonds. The number of carbonyl (C=O) groups is 1. The molecule has 0 radical (unpaired) electrons. The predicted molar refractivity (Wildman–Crippen MR) is 74.7 cm³/mol. The van der Waals surface area contributed by atoms with E-state index in [1.165, 1.54) is 12.8 Å². The third-order valence-corrected chi connectivity index (χ3v) is 3.80. The van der Waals surface area contributed by atoms with E-state index in [9.17, 15) is 9.90 Å². The van der Waals surface area contributed by atoms with E-state index in [1.807, 2.05) is 0 Å². The minimum atomic E-state index is -0.926. The second kappa shape index (κ2) is 6.02. The molecule has 0 spiro atoms. The topological polar surface area (TPSA) is 65.5 Å². The Balaban J connectivity index is 2.07. The number of nitrogens with one attached hydrogen (secondary N) is 1. The SMILES string of the molecule is Cc1ccnc(NCC2CCCCN2C)c1C(=O)O. The number of likely N-dealkylation sites (N-methyl/N-ethyl adjacent to an activating group) is 1. The Morgan fingerprint density at radius 3 is 3.05 bits per heavy atom. The predicted octanol–water partition coefficient (Wildman–Crippen LogP) is 1.98. The van der Waals surface area contributed by atoms with Gasteiger partial charge in [-0.1, -0.05) is 6.42 Å². The fraction of sp³-hybridized carbons (Fsp3) is 0.571. The number of hydrogen-bond donors (Lipinski definition) is 2. The summed E-state index contributed by atoms with van der Waals surface area (Å²) in [5.74, 6) is -0.448. The van der Waals surface area contributed by atoms with Crippen LogP contribution in [0.5, 0.6) is 0 Å². The van der Waals surface area contributed by atoms with E-state index >= 15 is 0 Å². The molecule has 104 valence electrons. The number of carboxylic acids is 1. The smallest absolute Gasteiger partial charge is 0.339 e. The van der Waals surface area contributed by atoms with Crippen LogP contribution in [-0.4, -0.2) is 47.1 Å². The maximum Gasteiger partial charge on any atom is 0.339 e. The Hall–Kier alpha value is -1.62. The first-order valence-corrected chi connectivity index (χ1v) is 6.72. The summed E-state index contributed by atoms with van der Waals surface area (Å²) in [5.41, 5.74) is 1.02. The van der Waals surface area contributed by atoms with Crippen LogP contribution in [0.15, 0.2) is 12.3 Å². The van der Waals surface area contributed by atoms with Gasteiger partial charge in [0.2, 0.25) is 0 Å². The molecule has 0 aliphatic carbocycles. The van der Waals surface area contributed by atoms with Crippen molar-refractivity contribution in [1.82, 2.24) is 9.88 Å². The van der Waals surface area contributed by atoms with Crippen LogP contribution in [0.4, 0.5) is 5.82 Å². The number of anilines is 1. The summed E-state index contributed by atoms with van der Waals surface area (Å²) in [6.45, 7) is 3.65. The lowest BCUT2D eigenvalue weighted by Crippen LogP contribution is -2.41. The molecule has 2 N–H and O–H groups in total. The highest BCUT2D eigenvalue weighted by atomic mass is 16.4. The maximum absolute atomic E-state index is 11.3. The molecule has 1 saturated heterocycles. The summed E-state index contributed by atoms with van der Waals surface area (Å²) < 4.78 is 0. The van der Waals surface area contributed by atoms with Crippen molar-refractivity contribution < 1.29 is 9.90 Å². The van der Waals surface area contributed by atoms with Gasteiger partial charge in [0.25, 0.3) is 0 Å². The lowest BCUT2D eigenvalue weighted by atomic mass is 10.0. The molecule has 1 unspecified atom stereocenters. The van der Waals surface area contributed by atoms with Gasteiger partial charge in [-0.3, -0.25) is 0 Å². The van der Waals surface area contributed by atoms with Crippen LogP contribution < -0.4 is 5.32 Å². The average molecular weight is 263 g/mol. The van der Waals surface area contributed by atoms with Crippen molar-refractivity contribution in [3.05, 3.63) is 23.4 Å². The molecule has 0 aromatic carbocycles. The molecule has 5 heteroatoms. The monoisotopic (exact) mass is 263 g/mol. The zero-order valence-electron chi connectivity index (χ0n) is 11.5. The molecule has 19 heavy (non-hydrogen) atoms. The van der Waals surface area contributed by atoms with Crippen LogP contribution in [-0.2, 0) is 0 Å². The Morgan fingerprint density at radius 2 is 2.37 bits per heavy atom. The molecule has 5 nitrogen and oxygen atoms in total. The highest BCUT2D eigenvalue weighted by molar-refractivity contribution is 5.94. The molecule has 0 bridgehead atoms. The van der Waals surface area contributed by atoms with Crippen LogP contribution in [0.25, 0.3) is 0 Å². The molecular formula is C14H21N3O2. The number of piperidine rings is 1. The number of aryl methyl sites for hydroxylation is 1. The summed E-state index contributed by atoms with van der Waals surface area (Å²) in [7, 11) is 2.12. The molecule has 1 aliphatic heterocycles. The average Bonchev–Trinajstić information content (AvgIpc) is 2.37. The lowest BCUT2D eigenvalue weighted by molar-refractivity contribution is 0.0696. The zero-order chi connectivity index (χ0) is 13.8. The Labute approximate surface area is 113 Å². The number of rotatable bonds is 4. The van der Waals surface area contributed by atoms with Crippen molar-refractivity contribution in [2.24, 2.45) is 0 Å². The van der Waals surface area contributed by atoms with E-state index in [0.29, 0.717) is 11.9 Å². The van der Waals surface area contributed by atoms with Crippen molar-refractivity contribution in [3.63, 3.8) is 0 Å². The van der Waals surface area contributed by atoms with Crippen LogP contribution in [0.3, 0.4) is 0 Å². The molecule has 2 rings (SSSR count). The van der Waals surface area contributed by atoms with Gasteiger partial charge in [0.1, 0.15) is 11.4 Å². The second-order valence-corrected chi connectivity index (χ2v) is 5.17. The number of aromatic carboxylic acids is 1. The molecule has 1 fully saturated rings. The van der Waals surface area contributed by atoms with Crippen molar-refractivity contribution in [2.45, 2.75) is 32.2 Å². The first kappa shape index (κ1) is 13.8. The van der Waals surface area contributed by atoms with E-state index in [0.717, 1.165) is 25.1 Å². The van der Waals surface area contributed by atoms with Crippen LogP contribution in [0.1, 0.15) is 35.2 Å². The van der Waals surface area contributed by atoms with Gasteiger partial charge in [0.15, 0.2) is 0 Å². The van der Waals surface area contributed by atoms with Gasteiger partial charge in [0.05, 0.1) is 0 Å². The highest BCUT2D eigenvalue weighted by Gasteiger charge is 2.20. The molecule has 0 saturated carbocycles. The summed E-state index contributed by atoms with van der Waals surface area (Å²) in [4.78, 5) is 17.8. The first-order chi connectivity index (χ1) is 9.09. The quantitative estimate of drug-likeness (QED) is 0.869. The summed E-state index contributed by atoms with van der Waals surface area (Å²) in [6.07, 6.45) is 5.28. The summed E-state index contributed by atoms with van der Waals surface area (Å²) in [6, 6.07) is 2.18. The van der Waals surface area contributed by atoms with E-state index < -0.39 is 5.97 Å².